The van der Waals surface area contributed by atoms with Crippen LogP contribution in [0, 0.1) is 5.82 Å². The molecule has 3 rings (SSSR count). The molecule has 0 aliphatic carbocycles. The number of benzene rings is 2. The molecule has 0 aliphatic heterocycles. The van der Waals surface area contributed by atoms with Gasteiger partial charge in [-0.2, -0.15) is 0 Å². The van der Waals surface area contributed by atoms with E-state index in [0.29, 0.717) is 23.8 Å². The van der Waals surface area contributed by atoms with E-state index < -0.39 is 5.82 Å². The molecule has 1 aromatic heterocycles. The van der Waals surface area contributed by atoms with Crippen LogP contribution in [0.5, 0.6) is 5.75 Å². The lowest BCUT2D eigenvalue weighted by molar-refractivity contribution is 0.363. The minimum Gasteiger partial charge on any atom is -0.490 e. The van der Waals surface area contributed by atoms with Crippen molar-refractivity contribution in [3.63, 3.8) is 0 Å². The minimum absolute atomic E-state index is 0.144. The maximum absolute atomic E-state index is 13.7. The van der Waals surface area contributed by atoms with Gasteiger partial charge in [-0.15, -0.1) is 10.2 Å². The summed E-state index contributed by atoms with van der Waals surface area (Å²) in [4.78, 5) is 0. The highest BCUT2D eigenvalue weighted by Crippen LogP contribution is 2.27. The lowest BCUT2D eigenvalue weighted by Crippen LogP contribution is -1.92. The van der Waals surface area contributed by atoms with E-state index in [1.807, 2.05) is 18.2 Å². The molecule has 0 bridgehead atoms. The van der Waals surface area contributed by atoms with Crippen molar-refractivity contribution in [3.8, 4) is 28.7 Å². The van der Waals surface area contributed by atoms with Crippen molar-refractivity contribution >= 4 is 0 Å². The summed E-state index contributed by atoms with van der Waals surface area (Å²) in [5.74, 6) is 0.719. The van der Waals surface area contributed by atoms with Gasteiger partial charge >= 0.3 is 0 Å². The number of rotatable bonds is 5. The molecule has 0 aliphatic rings. The smallest absolute Gasteiger partial charge is 0.251 e. The Labute approximate surface area is 126 Å². The summed E-state index contributed by atoms with van der Waals surface area (Å²) in [5.41, 5.74) is 0.983. The Morgan fingerprint density at radius 1 is 1.09 bits per heavy atom. The van der Waals surface area contributed by atoms with E-state index in [1.54, 1.807) is 30.3 Å². The Balaban J connectivity index is 1.91. The molecule has 1 heterocycles. The van der Waals surface area contributed by atoms with Gasteiger partial charge in [0.2, 0.25) is 5.89 Å². The zero-order valence-corrected chi connectivity index (χ0v) is 11.7. The van der Waals surface area contributed by atoms with Gasteiger partial charge < -0.3 is 9.15 Å². The quantitative estimate of drug-likeness (QED) is 0.665. The fraction of sp³-hybridized carbons (Fsp3) is 0.0588. The highest BCUT2D eigenvalue weighted by molar-refractivity contribution is 5.59. The highest BCUT2D eigenvalue weighted by Gasteiger charge is 2.13. The van der Waals surface area contributed by atoms with E-state index in [-0.39, 0.29) is 11.5 Å². The van der Waals surface area contributed by atoms with E-state index in [9.17, 15) is 4.39 Å². The predicted molar refractivity (Wildman–Crippen MR) is 80.8 cm³/mol. The van der Waals surface area contributed by atoms with Crippen LogP contribution in [0.1, 0.15) is 0 Å². The SMILES string of the molecule is C=CCOc1cccc(-c2nnc(-c3ccccc3F)o2)c1. The first kappa shape index (κ1) is 14.0. The number of hydrogen-bond acceptors (Lipinski definition) is 4. The topological polar surface area (TPSA) is 48.2 Å². The van der Waals surface area contributed by atoms with Gasteiger partial charge in [-0.3, -0.25) is 0 Å². The van der Waals surface area contributed by atoms with Crippen LogP contribution >= 0.6 is 0 Å². The van der Waals surface area contributed by atoms with E-state index in [0.717, 1.165) is 0 Å². The van der Waals surface area contributed by atoms with Crippen LogP contribution in [-0.2, 0) is 0 Å². The Morgan fingerprint density at radius 2 is 1.91 bits per heavy atom. The molecule has 0 spiro atoms. The molecule has 0 unspecified atom stereocenters. The fourth-order valence-corrected chi connectivity index (χ4v) is 1.96. The summed E-state index contributed by atoms with van der Waals surface area (Å²) in [5, 5.41) is 7.87. The largest absolute Gasteiger partial charge is 0.490 e. The molecule has 0 radical (unpaired) electrons. The maximum atomic E-state index is 13.7. The van der Waals surface area contributed by atoms with Crippen molar-refractivity contribution in [1.82, 2.24) is 10.2 Å². The second-order valence-electron chi connectivity index (χ2n) is 4.52. The zero-order valence-electron chi connectivity index (χ0n) is 11.7. The summed E-state index contributed by atoms with van der Waals surface area (Å²) in [6.45, 7) is 4.01. The van der Waals surface area contributed by atoms with Gasteiger partial charge in [-0.05, 0) is 30.3 Å². The second kappa shape index (κ2) is 6.22. The Kier molecular flexibility index (Phi) is 3.96. The van der Waals surface area contributed by atoms with Crippen LogP contribution in [0.2, 0.25) is 0 Å². The van der Waals surface area contributed by atoms with Gasteiger partial charge in [0, 0.05) is 5.56 Å². The molecule has 2 aromatic carbocycles. The van der Waals surface area contributed by atoms with E-state index in [1.165, 1.54) is 6.07 Å². The number of hydrogen-bond donors (Lipinski definition) is 0. The third-order valence-corrected chi connectivity index (χ3v) is 2.98. The summed E-state index contributed by atoms with van der Waals surface area (Å²) >= 11 is 0. The Bertz CT molecular complexity index is 799. The average Bonchev–Trinajstić information content (AvgIpc) is 3.03. The third-order valence-electron chi connectivity index (χ3n) is 2.98. The van der Waals surface area contributed by atoms with Crippen molar-refractivity contribution in [2.75, 3.05) is 6.61 Å². The fourth-order valence-electron chi connectivity index (χ4n) is 1.96. The number of aromatic nitrogens is 2. The Hall–Kier alpha value is -2.95. The van der Waals surface area contributed by atoms with Gasteiger partial charge in [0.15, 0.2) is 0 Å². The summed E-state index contributed by atoms with van der Waals surface area (Å²) in [6, 6.07) is 13.5. The van der Waals surface area contributed by atoms with E-state index >= 15 is 0 Å². The molecule has 0 atom stereocenters. The summed E-state index contributed by atoms with van der Waals surface area (Å²) in [7, 11) is 0. The molecule has 5 heteroatoms. The molecule has 22 heavy (non-hydrogen) atoms. The minimum atomic E-state index is -0.402. The van der Waals surface area contributed by atoms with Crippen molar-refractivity contribution in [1.29, 1.82) is 0 Å². The van der Waals surface area contributed by atoms with Gasteiger partial charge in [0.05, 0.1) is 5.56 Å². The molecule has 4 nitrogen and oxygen atoms in total. The van der Waals surface area contributed by atoms with Crippen molar-refractivity contribution < 1.29 is 13.5 Å². The number of nitrogens with zero attached hydrogens (tertiary/aromatic N) is 2. The monoisotopic (exact) mass is 296 g/mol. The zero-order chi connectivity index (χ0) is 15.4. The molecule has 3 aromatic rings. The molecule has 0 saturated carbocycles. The molecule has 0 saturated heterocycles. The third kappa shape index (κ3) is 2.88. The first-order valence-corrected chi connectivity index (χ1v) is 6.70. The summed E-state index contributed by atoms with van der Waals surface area (Å²) < 4.78 is 24.8. The maximum Gasteiger partial charge on any atom is 0.251 e. The van der Waals surface area contributed by atoms with Crippen LogP contribution in [0.15, 0.2) is 65.6 Å². The molecule has 0 fully saturated rings. The van der Waals surface area contributed by atoms with Crippen molar-refractivity contribution in [2.24, 2.45) is 0 Å². The van der Waals surface area contributed by atoms with Crippen LogP contribution in [0.25, 0.3) is 22.9 Å². The van der Waals surface area contributed by atoms with Crippen molar-refractivity contribution in [2.45, 2.75) is 0 Å². The normalized spacial score (nSPS) is 10.4. The predicted octanol–water partition coefficient (Wildman–Crippen LogP) is 4.11. The Morgan fingerprint density at radius 3 is 2.73 bits per heavy atom. The first-order valence-electron chi connectivity index (χ1n) is 6.70. The molecular formula is C17H13FN2O2. The van der Waals surface area contributed by atoms with Crippen LogP contribution in [0.4, 0.5) is 4.39 Å². The van der Waals surface area contributed by atoms with E-state index in [4.69, 9.17) is 9.15 Å². The van der Waals surface area contributed by atoms with Gasteiger partial charge in [-0.25, -0.2) is 4.39 Å². The molecular weight excluding hydrogens is 283 g/mol. The van der Waals surface area contributed by atoms with Gasteiger partial charge in [-0.1, -0.05) is 30.9 Å². The molecule has 110 valence electrons. The van der Waals surface area contributed by atoms with Crippen LogP contribution in [-0.4, -0.2) is 16.8 Å². The van der Waals surface area contributed by atoms with Crippen molar-refractivity contribution in [3.05, 3.63) is 67.0 Å². The highest BCUT2D eigenvalue weighted by atomic mass is 19.1. The number of ether oxygens (including phenoxy) is 1. The van der Waals surface area contributed by atoms with Crippen LogP contribution < -0.4 is 4.74 Å². The number of halogens is 1. The molecule has 0 N–H and O–H groups in total. The van der Waals surface area contributed by atoms with Gasteiger partial charge in [0.1, 0.15) is 18.2 Å². The second-order valence-corrected chi connectivity index (χ2v) is 4.52. The lowest BCUT2D eigenvalue weighted by Gasteiger charge is -2.03. The average molecular weight is 296 g/mol. The van der Waals surface area contributed by atoms with Gasteiger partial charge in [0.25, 0.3) is 5.89 Å². The first-order chi connectivity index (χ1) is 10.8. The van der Waals surface area contributed by atoms with E-state index in [2.05, 4.69) is 16.8 Å². The summed E-state index contributed by atoms with van der Waals surface area (Å²) in [6.07, 6.45) is 1.66. The standard InChI is InChI=1S/C17H13FN2O2/c1-2-10-21-13-7-5-6-12(11-13)16-19-20-17(22-16)14-8-3-4-9-15(14)18/h2-9,11H,1,10H2. The lowest BCUT2D eigenvalue weighted by atomic mass is 10.2. The van der Waals surface area contributed by atoms with Crippen LogP contribution in [0.3, 0.4) is 0 Å². The molecule has 0 amide bonds.